The van der Waals surface area contributed by atoms with Crippen LogP contribution in [0.25, 0.3) is 10.8 Å². The van der Waals surface area contributed by atoms with E-state index in [2.05, 4.69) is 58.7 Å². The summed E-state index contributed by atoms with van der Waals surface area (Å²) in [6.45, 7) is 8.01. The molecule has 2 aromatic carbocycles. The Hall–Kier alpha value is -3.67. The van der Waals surface area contributed by atoms with Crippen LogP contribution in [0.15, 0.2) is 48.4 Å². The predicted molar refractivity (Wildman–Crippen MR) is 175 cm³/mol. The number of rotatable bonds is 8. The minimum Gasteiger partial charge on any atom is -0.475 e. The number of aromatic nitrogens is 1. The maximum Gasteiger partial charge on any atom is 0.234 e. The lowest BCUT2D eigenvalue weighted by molar-refractivity contribution is 0.192. The van der Waals surface area contributed by atoms with Crippen LogP contribution in [-0.4, -0.2) is 76.9 Å². The predicted octanol–water partition coefficient (Wildman–Crippen LogP) is 5.01. The summed E-state index contributed by atoms with van der Waals surface area (Å²) in [6, 6.07) is 16.9. The molecule has 2 fully saturated rings. The first kappa shape index (κ1) is 30.4. The Balaban J connectivity index is 1.41. The Morgan fingerprint density at radius 1 is 1.11 bits per heavy atom. The molecule has 9 nitrogen and oxygen atoms in total. The third-order valence-electron chi connectivity index (χ3n) is 9.14. The molecule has 0 bridgehead atoms. The first-order chi connectivity index (χ1) is 21.4. The Bertz CT molecular complexity index is 1680. The van der Waals surface area contributed by atoms with Gasteiger partial charge in [-0.2, -0.15) is 15.5 Å². The maximum atomic E-state index is 12.7. The van der Waals surface area contributed by atoms with Crippen molar-refractivity contribution in [1.82, 2.24) is 14.2 Å². The number of benzene rings is 2. The molecule has 2 saturated heterocycles. The summed E-state index contributed by atoms with van der Waals surface area (Å²) < 4.78 is 20.9. The molecule has 0 radical (unpaired) electrons. The number of pyridine rings is 1. The number of likely N-dealkylation sites (tertiary alicyclic amines) is 1. The normalized spacial score (nSPS) is 21.5. The van der Waals surface area contributed by atoms with Gasteiger partial charge in [0.15, 0.2) is 0 Å². The minimum atomic E-state index is -1.37. The molecule has 228 valence electrons. The SMILES string of the molecule is C=CS(=O)N1CCN(c2nc(OC[C@@H]3CCCN3C)c(C#N)c3c2CCN(c2cccc4cccc(Cl)c24)C3)C[C@H]1CC#N. The Labute approximate surface area is 266 Å². The first-order valence-electron chi connectivity index (χ1n) is 15.1. The van der Waals surface area contributed by atoms with Crippen molar-refractivity contribution in [2.24, 2.45) is 0 Å². The van der Waals surface area contributed by atoms with Crippen LogP contribution in [0.3, 0.4) is 0 Å². The van der Waals surface area contributed by atoms with Crippen LogP contribution in [0.2, 0.25) is 5.02 Å². The summed E-state index contributed by atoms with van der Waals surface area (Å²) in [5, 5.41) is 24.3. The van der Waals surface area contributed by atoms with Crippen molar-refractivity contribution in [2.45, 2.75) is 44.3 Å². The molecule has 3 aromatic rings. The third-order valence-corrected chi connectivity index (χ3v) is 10.7. The largest absolute Gasteiger partial charge is 0.475 e. The smallest absolute Gasteiger partial charge is 0.234 e. The van der Waals surface area contributed by atoms with Crippen LogP contribution in [-0.2, 0) is 24.0 Å². The highest BCUT2D eigenvalue weighted by atomic mass is 35.5. The van der Waals surface area contributed by atoms with Gasteiger partial charge in [-0.1, -0.05) is 42.4 Å². The van der Waals surface area contributed by atoms with Gasteiger partial charge in [-0.15, -0.1) is 0 Å². The van der Waals surface area contributed by atoms with E-state index in [1.165, 1.54) is 5.41 Å². The molecule has 3 aliphatic rings. The Kier molecular flexibility index (Phi) is 9.06. The van der Waals surface area contributed by atoms with E-state index in [-0.39, 0.29) is 18.5 Å². The average molecular weight is 630 g/mol. The highest BCUT2D eigenvalue weighted by Gasteiger charge is 2.35. The van der Waals surface area contributed by atoms with E-state index in [4.69, 9.17) is 21.3 Å². The van der Waals surface area contributed by atoms with Crippen molar-refractivity contribution in [2.75, 3.05) is 56.2 Å². The van der Waals surface area contributed by atoms with Crippen molar-refractivity contribution in [3.63, 3.8) is 0 Å². The summed E-state index contributed by atoms with van der Waals surface area (Å²) in [4.78, 5) is 11.8. The molecule has 0 spiro atoms. The van der Waals surface area contributed by atoms with Gasteiger partial charge in [0.05, 0.1) is 23.6 Å². The number of nitrogens with zero attached hydrogens (tertiary/aromatic N) is 7. The lowest BCUT2D eigenvalue weighted by atomic mass is 9.94. The molecule has 0 amide bonds. The number of likely N-dealkylation sites (N-methyl/N-ethyl adjacent to an activating group) is 1. The fourth-order valence-corrected chi connectivity index (χ4v) is 7.98. The van der Waals surface area contributed by atoms with Crippen LogP contribution < -0.4 is 14.5 Å². The highest BCUT2D eigenvalue weighted by Crippen LogP contribution is 2.40. The standard InChI is InChI=1S/C33H36ClN7O2S/c1-3-44(42)41-18-17-40(20-24(41)12-14-35)32-26-13-16-39(30-11-5-8-23-7-4-10-29(34)31(23)30)21-28(26)27(19-36)33(37-32)43-22-25-9-6-15-38(25)2/h3-5,7-8,10-11,24-25H,1,6,9,12-13,15-18,20-22H2,2H3/t24-,25+,44?/m1/s1. The number of anilines is 2. The molecule has 3 atom stereocenters. The minimum absolute atomic E-state index is 0.238. The van der Waals surface area contributed by atoms with E-state index in [1.807, 2.05) is 22.5 Å². The zero-order chi connectivity index (χ0) is 30.8. The number of fused-ring (bicyclic) bond motifs is 2. The van der Waals surface area contributed by atoms with Gasteiger partial charge in [0.1, 0.15) is 35.0 Å². The molecular weight excluding hydrogens is 594 g/mol. The Morgan fingerprint density at radius 3 is 2.66 bits per heavy atom. The average Bonchev–Trinajstić information content (AvgIpc) is 3.46. The van der Waals surface area contributed by atoms with E-state index in [1.54, 1.807) is 0 Å². The zero-order valence-corrected chi connectivity index (χ0v) is 26.5. The van der Waals surface area contributed by atoms with E-state index in [9.17, 15) is 14.7 Å². The molecule has 4 heterocycles. The maximum absolute atomic E-state index is 12.7. The monoisotopic (exact) mass is 629 g/mol. The number of hydrogen-bond acceptors (Lipinski definition) is 8. The van der Waals surface area contributed by atoms with Crippen LogP contribution in [0.4, 0.5) is 11.5 Å². The van der Waals surface area contributed by atoms with Crippen molar-refractivity contribution in [3.8, 4) is 18.0 Å². The molecule has 6 rings (SSSR count). The van der Waals surface area contributed by atoms with Gasteiger partial charge in [0.2, 0.25) is 5.88 Å². The third kappa shape index (κ3) is 5.76. The van der Waals surface area contributed by atoms with Crippen molar-refractivity contribution < 1.29 is 8.95 Å². The van der Waals surface area contributed by atoms with Crippen molar-refractivity contribution in [1.29, 1.82) is 10.5 Å². The van der Waals surface area contributed by atoms with Gasteiger partial charge in [-0.3, -0.25) is 0 Å². The molecule has 0 saturated carbocycles. The summed E-state index contributed by atoms with van der Waals surface area (Å²) >= 11 is 6.72. The number of ether oxygens (including phenoxy) is 1. The quantitative estimate of drug-likeness (QED) is 0.343. The fourth-order valence-electron chi connectivity index (χ4n) is 6.82. The molecular formula is C33H36ClN7O2S. The topological polar surface area (TPSA) is 99.7 Å². The van der Waals surface area contributed by atoms with E-state index in [0.29, 0.717) is 55.7 Å². The fraction of sp³-hybridized carbons (Fsp3) is 0.424. The zero-order valence-electron chi connectivity index (χ0n) is 24.9. The van der Waals surface area contributed by atoms with Crippen molar-refractivity contribution in [3.05, 3.63) is 70.1 Å². The molecule has 0 aliphatic carbocycles. The van der Waals surface area contributed by atoms with Crippen LogP contribution in [0, 0.1) is 22.7 Å². The summed E-state index contributed by atoms with van der Waals surface area (Å²) in [6.07, 6.45) is 3.09. The second-order valence-electron chi connectivity index (χ2n) is 11.6. The molecule has 11 heteroatoms. The summed E-state index contributed by atoms with van der Waals surface area (Å²) in [5.74, 6) is 1.14. The molecule has 1 unspecified atom stereocenters. The van der Waals surface area contributed by atoms with Gasteiger partial charge < -0.3 is 19.4 Å². The van der Waals surface area contributed by atoms with Gasteiger partial charge in [-0.05, 0) is 50.4 Å². The van der Waals surface area contributed by atoms with Crippen LogP contribution in [0.1, 0.15) is 36.0 Å². The van der Waals surface area contributed by atoms with Crippen LogP contribution >= 0.6 is 11.6 Å². The number of hydrogen-bond donors (Lipinski definition) is 0. The molecule has 1 aromatic heterocycles. The van der Waals surface area contributed by atoms with E-state index in [0.717, 1.165) is 59.3 Å². The van der Waals surface area contributed by atoms with Gasteiger partial charge in [-0.25, -0.2) is 8.51 Å². The second-order valence-corrected chi connectivity index (χ2v) is 13.4. The molecule has 3 aliphatic heterocycles. The number of nitriles is 2. The molecule has 44 heavy (non-hydrogen) atoms. The van der Waals surface area contributed by atoms with Gasteiger partial charge >= 0.3 is 0 Å². The van der Waals surface area contributed by atoms with E-state index >= 15 is 0 Å². The molecule has 0 N–H and O–H groups in total. The Morgan fingerprint density at radius 2 is 1.93 bits per heavy atom. The lowest BCUT2D eigenvalue weighted by Crippen LogP contribution is -2.53. The number of halogens is 1. The number of piperazine rings is 1. The summed E-state index contributed by atoms with van der Waals surface area (Å²) in [7, 11) is 0.738. The van der Waals surface area contributed by atoms with Gasteiger partial charge in [0, 0.05) is 66.4 Å². The van der Waals surface area contributed by atoms with E-state index < -0.39 is 11.0 Å². The van der Waals surface area contributed by atoms with Crippen molar-refractivity contribution >= 4 is 44.9 Å². The summed E-state index contributed by atoms with van der Waals surface area (Å²) in [5.41, 5.74) is 3.45. The lowest BCUT2D eigenvalue weighted by Gasteiger charge is -2.41. The van der Waals surface area contributed by atoms with Gasteiger partial charge in [0.25, 0.3) is 0 Å². The first-order valence-corrected chi connectivity index (χ1v) is 16.6. The second kappa shape index (κ2) is 13.1. The van der Waals surface area contributed by atoms with Crippen LogP contribution in [0.5, 0.6) is 5.88 Å². The highest BCUT2D eigenvalue weighted by molar-refractivity contribution is 7.85.